The van der Waals surface area contributed by atoms with Crippen LogP contribution >= 0.6 is 12.2 Å². The van der Waals surface area contributed by atoms with Crippen molar-refractivity contribution in [3.8, 4) is 0 Å². The third-order valence-corrected chi connectivity index (χ3v) is 8.15. The standard InChI is InChI=1S/C22H28N4O2S2/c1-15-8-9-20-18(12-15)19-14-25(4)11-10-21(19)26(20)22(29)23-16-6-5-7-17(13-16)30(27,28)24(2)3/h5-9,12-13,19,21H,10-11,14H2,1-4H3,(H,23,29). The van der Waals surface area contributed by atoms with E-state index in [2.05, 4.69) is 47.3 Å². The smallest absolute Gasteiger partial charge is 0.242 e. The fraction of sp³-hybridized carbons (Fsp3) is 0.409. The zero-order valence-corrected chi connectivity index (χ0v) is 19.4. The van der Waals surface area contributed by atoms with E-state index in [-0.39, 0.29) is 4.90 Å². The van der Waals surface area contributed by atoms with Gasteiger partial charge < -0.3 is 15.1 Å². The summed E-state index contributed by atoms with van der Waals surface area (Å²) in [4.78, 5) is 4.85. The number of likely N-dealkylation sites (N-methyl/N-ethyl adjacent to an activating group) is 1. The lowest BCUT2D eigenvalue weighted by molar-refractivity contribution is 0.237. The van der Waals surface area contributed by atoms with Crippen LogP contribution in [0.15, 0.2) is 47.4 Å². The van der Waals surface area contributed by atoms with Crippen LogP contribution in [0.25, 0.3) is 0 Å². The molecule has 2 aromatic rings. The van der Waals surface area contributed by atoms with Crippen LogP contribution in [-0.4, -0.2) is 63.0 Å². The molecule has 30 heavy (non-hydrogen) atoms. The molecule has 0 bridgehead atoms. The van der Waals surface area contributed by atoms with Gasteiger partial charge in [0, 0.05) is 44.0 Å². The van der Waals surface area contributed by atoms with Gasteiger partial charge in [-0.05, 0) is 69.0 Å². The maximum atomic E-state index is 12.5. The highest BCUT2D eigenvalue weighted by Gasteiger charge is 2.42. The largest absolute Gasteiger partial charge is 0.332 e. The molecule has 0 amide bonds. The van der Waals surface area contributed by atoms with Gasteiger partial charge in [0.2, 0.25) is 10.0 Å². The molecule has 8 heteroatoms. The molecule has 2 aromatic carbocycles. The van der Waals surface area contributed by atoms with Crippen LogP contribution in [0.2, 0.25) is 0 Å². The number of hydrogen-bond acceptors (Lipinski definition) is 4. The van der Waals surface area contributed by atoms with Gasteiger partial charge in [0.1, 0.15) is 0 Å². The van der Waals surface area contributed by atoms with Gasteiger partial charge in [-0.15, -0.1) is 0 Å². The van der Waals surface area contributed by atoms with Gasteiger partial charge in [-0.2, -0.15) is 0 Å². The number of likely N-dealkylation sites (tertiary alicyclic amines) is 1. The van der Waals surface area contributed by atoms with Gasteiger partial charge in [-0.25, -0.2) is 12.7 Å². The van der Waals surface area contributed by atoms with Gasteiger partial charge >= 0.3 is 0 Å². The highest BCUT2D eigenvalue weighted by Crippen LogP contribution is 2.45. The molecular weight excluding hydrogens is 416 g/mol. The van der Waals surface area contributed by atoms with E-state index in [4.69, 9.17) is 12.2 Å². The number of aryl methyl sites for hydroxylation is 1. The summed E-state index contributed by atoms with van der Waals surface area (Å²) < 4.78 is 26.2. The highest BCUT2D eigenvalue weighted by atomic mass is 32.2. The first-order valence-corrected chi connectivity index (χ1v) is 11.9. The van der Waals surface area contributed by atoms with E-state index >= 15 is 0 Å². The molecule has 0 aliphatic carbocycles. The predicted molar refractivity (Wildman–Crippen MR) is 126 cm³/mol. The van der Waals surface area contributed by atoms with Crippen molar-refractivity contribution in [3.05, 3.63) is 53.6 Å². The van der Waals surface area contributed by atoms with E-state index in [1.807, 2.05) is 6.07 Å². The van der Waals surface area contributed by atoms with Crippen molar-refractivity contribution in [2.45, 2.75) is 30.2 Å². The number of sulfonamides is 1. The van der Waals surface area contributed by atoms with Crippen molar-refractivity contribution in [1.82, 2.24) is 9.21 Å². The molecule has 2 unspecified atom stereocenters. The highest BCUT2D eigenvalue weighted by molar-refractivity contribution is 7.89. The van der Waals surface area contributed by atoms with Gasteiger partial charge in [-0.1, -0.05) is 23.8 Å². The first-order chi connectivity index (χ1) is 14.2. The normalized spacial score (nSPS) is 21.4. The molecule has 6 nitrogen and oxygen atoms in total. The number of hydrogen-bond donors (Lipinski definition) is 1. The minimum Gasteiger partial charge on any atom is -0.332 e. The number of piperidine rings is 1. The molecule has 1 fully saturated rings. The molecule has 2 heterocycles. The van der Waals surface area contributed by atoms with Crippen LogP contribution in [0.5, 0.6) is 0 Å². The van der Waals surface area contributed by atoms with Gasteiger partial charge in [-0.3, -0.25) is 0 Å². The Morgan fingerprint density at radius 1 is 1.20 bits per heavy atom. The minimum atomic E-state index is -3.50. The number of nitrogens with one attached hydrogen (secondary N) is 1. The minimum absolute atomic E-state index is 0.245. The van der Waals surface area contributed by atoms with Gasteiger partial charge in [0.25, 0.3) is 0 Å². The summed E-state index contributed by atoms with van der Waals surface area (Å²) in [5, 5.41) is 3.90. The second-order valence-electron chi connectivity index (χ2n) is 8.40. The number of fused-ring (bicyclic) bond motifs is 3. The molecule has 0 aromatic heterocycles. The molecule has 160 valence electrons. The molecule has 0 saturated carbocycles. The Morgan fingerprint density at radius 3 is 2.70 bits per heavy atom. The predicted octanol–water partition coefficient (Wildman–Crippen LogP) is 3.25. The first kappa shape index (κ1) is 21.2. The fourth-order valence-electron chi connectivity index (χ4n) is 4.48. The Hall–Kier alpha value is -2.00. The molecule has 0 spiro atoms. The Bertz CT molecular complexity index is 1080. The zero-order valence-electron chi connectivity index (χ0n) is 17.8. The second kappa shape index (κ2) is 7.92. The molecule has 2 atom stereocenters. The Balaban J connectivity index is 1.64. The molecule has 1 saturated heterocycles. The first-order valence-electron chi connectivity index (χ1n) is 10.1. The Morgan fingerprint density at radius 2 is 1.97 bits per heavy atom. The maximum absolute atomic E-state index is 12.5. The summed E-state index contributed by atoms with van der Waals surface area (Å²) in [6.45, 7) is 4.17. The van der Waals surface area contributed by atoms with Crippen LogP contribution in [0.1, 0.15) is 23.5 Å². The number of rotatable bonds is 3. The molecule has 4 rings (SSSR count). The number of anilines is 2. The van der Waals surface area contributed by atoms with Crippen LogP contribution < -0.4 is 10.2 Å². The van der Waals surface area contributed by atoms with E-state index < -0.39 is 10.0 Å². The lowest BCUT2D eigenvalue weighted by Crippen LogP contribution is -2.48. The number of thiocarbonyl (C=S) groups is 1. The summed E-state index contributed by atoms with van der Waals surface area (Å²) in [6, 6.07) is 13.7. The SMILES string of the molecule is Cc1ccc2c(c1)C1CN(C)CCC1N2C(=S)Nc1cccc(S(=O)(=O)N(C)C)c1. The quantitative estimate of drug-likeness (QED) is 0.734. The lowest BCUT2D eigenvalue weighted by atomic mass is 9.89. The maximum Gasteiger partial charge on any atom is 0.242 e. The second-order valence-corrected chi connectivity index (χ2v) is 10.9. The van der Waals surface area contributed by atoms with E-state index in [0.29, 0.717) is 22.8 Å². The summed E-state index contributed by atoms with van der Waals surface area (Å²) in [7, 11) is 1.73. The lowest BCUT2D eigenvalue weighted by Gasteiger charge is -2.37. The number of benzene rings is 2. The van der Waals surface area contributed by atoms with Crippen molar-refractivity contribution in [3.63, 3.8) is 0 Å². The average Bonchev–Trinajstić information content (AvgIpc) is 3.01. The zero-order chi connectivity index (χ0) is 21.6. The topological polar surface area (TPSA) is 55.9 Å². The summed E-state index contributed by atoms with van der Waals surface area (Å²) in [6.07, 6.45) is 1.03. The number of nitrogens with zero attached hydrogens (tertiary/aromatic N) is 3. The van der Waals surface area contributed by atoms with E-state index in [9.17, 15) is 8.42 Å². The van der Waals surface area contributed by atoms with Crippen LogP contribution in [-0.2, 0) is 10.0 Å². The van der Waals surface area contributed by atoms with Crippen molar-refractivity contribution in [2.24, 2.45) is 0 Å². The third kappa shape index (κ3) is 3.73. The summed E-state index contributed by atoms with van der Waals surface area (Å²) in [5.74, 6) is 0.416. The van der Waals surface area contributed by atoms with E-state index in [1.165, 1.54) is 29.5 Å². The molecule has 1 N–H and O–H groups in total. The van der Waals surface area contributed by atoms with Crippen molar-refractivity contribution in [2.75, 3.05) is 44.4 Å². The summed E-state index contributed by atoms with van der Waals surface area (Å²) >= 11 is 5.83. The van der Waals surface area contributed by atoms with Crippen molar-refractivity contribution in [1.29, 1.82) is 0 Å². The Kier molecular flexibility index (Phi) is 5.61. The molecule has 2 aliphatic rings. The fourth-order valence-corrected chi connectivity index (χ4v) is 5.77. The van der Waals surface area contributed by atoms with Gasteiger partial charge in [0.05, 0.1) is 4.90 Å². The molecule has 0 radical (unpaired) electrons. The molecular formula is C22H28N4O2S2. The van der Waals surface area contributed by atoms with E-state index in [1.54, 1.807) is 18.2 Å². The van der Waals surface area contributed by atoms with Crippen molar-refractivity contribution >= 4 is 38.7 Å². The van der Waals surface area contributed by atoms with Gasteiger partial charge in [0.15, 0.2) is 5.11 Å². The monoisotopic (exact) mass is 444 g/mol. The summed E-state index contributed by atoms with van der Waals surface area (Å²) in [5.41, 5.74) is 4.43. The average molecular weight is 445 g/mol. The third-order valence-electron chi connectivity index (χ3n) is 6.04. The van der Waals surface area contributed by atoms with Crippen LogP contribution in [0, 0.1) is 6.92 Å². The Labute approximate surface area is 184 Å². The molecule has 2 aliphatic heterocycles. The van der Waals surface area contributed by atoms with E-state index in [0.717, 1.165) is 25.2 Å². The van der Waals surface area contributed by atoms with Crippen LogP contribution in [0.4, 0.5) is 11.4 Å². The van der Waals surface area contributed by atoms with Crippen LogP contribution in [0.3, 0.4) is 0 Å². The van der Waals surface area contributed by atoms with Crippen molar-refractivity contribution < 1.29 is 8.42 Å².